The second kappa shape index (κ2) is 21.7. The molecular weight excluding hydrogens is 1070 g/mol. The molecule has 0 unspecified atom stereocenters. The summed E-state index contributed by atoms with van der Waals surface area (Å²) in [6.07, 6.45) is 0. The maximum absolute atomic E-state index is 10.3. The number of benzene rings is 13. The fourth-order valence-electron chi connectivity index (χ4n) is 14.1. The summed E-state index contributed by atoms with van der Waals surface area (Å²) < 4.78 is 2.48. The molecule has 6 heteroatoms. The molecule has 0 saturated carbocycles. The van der Waals surface area contributed by atoms with E-state index in [-0.39, 0.29) is 6.71 Å². The Labute approximate surface area is 513 Å². The zero-order valence-corrected chi connectivity index (χ0v) is 48.1. The summed E-state index contributed by atoms with van der Waals surface area (Å²) in [7, 11) is 0. The molecular formula is C82H54BN5. The third kappa shape index (κ3) is 8.86. The summed E-state index contributed by atoms with van der Waals surface area (Å²) in [6, 6.07) is 112. The molecule has 2 aliphatic heterocycles. The molecule has 88 heavy (non-hydrogen) atoms. The van der Waals surface area contributed by atoms with Crippen LogP contribution in [0.1, 0.15) is 16.7 Å². The number of hydrogen-bond donors (Lipinski definition) is 0. The van der Waals surface area contributed by atoms with Gasteiger partial charge in [-0.1, -0.05) is 249 Å². The molecule has 0 saturated heterocycles. The molecule has 0 bridgehead atoms. The summed E-state index contributed by atoms with van der Waals surface area (Å²) >= 11 is 0. The Balaban J connectivity index is 1.04. The van der Waals surface area contributed by atoms with Gasteiger partial charge in [-0.15, -0.1) is 0 Å². The second-order valence-corrected chi connectivity index (χ2v) is 22.9. The van der Waals surface area contributed by atoms with Crippen molar-refractivity contribution in [2.45, 2.75) is 13.1 Å². The van der Waals surface area contributed by atoms with Gasteiger partial charge in [-0.25, -0.2) is 4.85 Å². The first-order valence-electron chi connectivity index (χ1n) is 30.0. The van der Waals surface area contributed by atoms with Crippen LogP contribution >= 0.6 is 0 Å². The molecule has 0 aliphatic carbocycles. The van der Waals surface area contributed by atoms with Gasteiger partial charge in [0.2, 0.25) is 0 Å². The second-order valence-electron chi connectivity index (χ2n) is 22.9. The van der Waals surface area contributed by atoms with Crippen molar-refractivity contribution in [2.24, 2.45) is 0 Å². The van der Waals surface area contributed by atoms with Crippen LogP contribution in [0.25, 0.3) is 99.1 Å². The third-order valence-electron chi connectivity index (χ3n) is 18.0. The molecule has 0 atom stereocenters. The van der Waals surface area contributed by atoms with Gasteiger partial charge in [-0.05, 0) is 149 Å². The third-order valence-corrected chi connectivity index (χ3v) is 18.0. The highest BCUT2D eigenvalue weighted by atomic mass is 15.2. The normalized spacial score (nSPS) is 12.1. The molecule has 0 radical (unpaired) electrons. The van der Waals surface area contributed by atoms with E-state index in [2.05, 4.69) is 292 Å². The SMILES string of the molecule is [C-]#[N+]c1cccc(-c2ccc3c(c2)B2c4cc(-c5cccc(C#N)c5)ccc4N(Cc4c(-c5ccccc5)cccc4-c4ccccc4)c4cc(-n5c6ccccc6c6ccccc65)cc(c42)N3Cc2c(-c3ccccc3)cccc2-c2ccccc2)c1. The van der Waals surface area contributed by atoms with Gasteiger partial charge in [-0.2, -0.15) is 5.26 Å². The van der Waals surface area contributed by atoms with Crippen molar-refractivity contribution in [3.05, 3.63) is 331 Å². The summed E-state index contributed by atoms with van der Waals surface area (Å²) in [6.45, 7) is 8.89. The monoisotopic (exact) mass is 1120 g/mol. The van der Waals surface area contributed by atoms with E-state index in [1.165, 1.54) is 60.5 Å². The first-order valence-corrected chi connectivity index (χ1v) is 30.0. The van der Waals surface area contributed by atoms with E-state index in [0.717, 1.165) is 84.0 Å². The van der Waals surface area contributed by atoms with Crippen LogP contribution in [0.5, 0.6) is 0 Å². The molecule has 0 amide bonds. The summed E-state index contributed by atoms with van der Waals surface area (Å²) in [5.41, 5.74) is 28.3. The van der Waals surface area contributed by atoms with Crippen molar-refractivity contribution in [2.75, 3.05) is 9.80 Å². The number of nitrogens with zero attached hydrogens (tertiary/aromatic N) is 5. The predicted molar refractivity (Wildman–Crippen MR) is 366 cm³/mol. The zero-order valence-electron chi connectivity index (χ0n) is 48.1. The van der Waals surface area contributed by atoms with Gasteiger partial charge < -0.3 is 14.4 Å². The Morgan fingerprint density at radius 2 is 0.739 bits per heavy atom. The topological polar surface area (TPSA) is 39.6 Å². The van der Waals surface area contributed by atoms with Crippen LogP contribution in [0.4, 0.5) is 28.4 Å². The van der Waals surface area contributed by atoms with Crippen LogP contribution in [0, 0.1) is 17.9 Å². The van der Waals surface area contributed by atoms with Gasteiger partial charge >= 0.3 is 0 Å². The number of para-hydroxylation sites is 2. The minimum Gasteiger partial charge on any atom is -0.338 e. The standard InChI is InChI=1S/C82H54BN5/c1-85-64-33-19-32-61(47-64)63-43-45-79-75(49-63)83-74-48-62(60-31-18-22-55(46-60)52-84)42-44-78(74)86(53-72-66(56-23-6-2-7-24-56)36-20-37-67(72)57-25-8-3-9-26-57)80-50-65(88-76-40-16-14-34-70(76)71-35-15-17-41-77(71)88)51-81(82(80)83)87(79)54-73-68(58-27-10-4-11-28-58)38-21-39-69(73)59-29-12-5-13-30-59/h2-51H,53-54H2. The van der Waals surface area contributed by atoms with Crippen molar-refractivity contribution in [3.8, 4) is 78.5 Å². The maximum Gasteiger partial charge on any atom is 0.252 e. The van der Waals surface area contributed by atoms with Crippen LogP contribution < -0.4 is 26.2 Å². The molecule has 1 aromatic heterocycles. The molecule has 0 spiro atoms. The van der Waals surface area contributed by atoms with Crippen molar-refractivity contribution in [1.82, 2.24) is 4.57 Å². The van der Waals surface area contributed by atoms with E-state index in [0.29, 0.717) is 24.3 Å². The number of fused-ring (bicyclic) bond motifs is 7. The number of rotatable bonds is 11. The lowest BCUT2D eigenvalue weighted by Crippen LogP contribution is -2.62. The Morgan fingerprint density at radius 1 is 0.352 bits per heavy atom. The first kappa shape index (κ1) is 51.9. The van der Waals surface area contributed by atoms with Crippen molar-refractivity contribution >= 4 is 73.3 Å². The molecule has 0 N–H and O–H groups in total. The fourth-order valence-corrected chi connectivity index (χ4v) is 14.1. The van der Waals surface area contributed by atoms with Gasteiger partial charge in [0.1, 0.15) is 0 Å². The largest absolute Gasteiger partial charge is 0.338 e. The molecule has 13 aromatic carbocycles. The molecule has 3 heterocycles. The Kier molecular flexibility index (Phi) is 12.8. The Hall–Kier alpha value is -11.7. The predicted octanol–water partition coefficient (Wildman–Crippen LogP) is 19.0. The molecule has 5 nitrogen and oxygen atoms in total. The van der Waals surface area contributed by atoms with Crippen LogP contribution in [0.3, 0.4) is 0 Å². The van der Waals surface area contributed by atoms with E-state index in [4.69, 9.17) is 6.57 Å². The van der Waals surface area contributed by atoms with Gasteiger partial charge in [0.15, 0.2) is 5.69 Å². The molecule has 14 aromatic rings. The highest BCUT2D eigenvalue weighted by molar-refractivity contribution is 7.00. The minimum absolute atomic E-state index is 0.270. The molecule has 16 rings (SSSR count). The fraction of sp³-hybridized carbons (Fsp3) is 0.0244. The van der Waals surface area contributed by atoms with E-state index >= 15 is 0 Å². The molecule has 2 aliphatic rings. The summed E-state index contributed by atoms with van der Waals surface area (Å²) in [4.78, 5) is 9.14. The number of anilines is 4. The Bertz CT molecular complexity index is 4700. The average molecular weight is 1120 g/mol. The summed E-state index contributed by atoms with van der Waals surface area (Å²) in [5, 5.41) is 12.7. The average Bonchev–Trinajstić information content (AvgIpc) is 0.836. The minimum atomic E-state index is -0.270. The van der Waals surface area contributed by atoms with Gasteiger partial charge in [0.25, 0.3) is 6.71 Å². The van der Waals surface area contributed by atoms with Crippen molar-refractivity contribution in [1.29, 1.82) is 5.26 Å². The summed E-state index contributed by atoms with van der Waals surface area (Å²) in [5.74, 6) is 0. The van der Waals surface area contributed by atoms with Crippen molar-refractivity contribution in [3.63, 3.8) is 0 Å². The lowest BCUT2D eigenvalue weighted by molar-refractivity contribution is 0.961. The van der Waals surface area contributed by atoms with Crippen LogP contribution in [-0.4, -0.2) is 11.3 Å². The van der Waals surface area contributed by atoms with Crippen molar-refractivity contribution < 1.29 is 0 Å². The van der Waals surface area contributed by atoms with E-state index in [1.807, 2.05) is 36.4 Å². The zero-order chi connectivity index (χ0) is 58.7. The Morgan fingerprint density at radius 3 is 1.18 bits per heavy atom. The molecule has 0 fully saturated rings. The van der Waals surface area contributed by atoms with E-state index < -0.39 is 0 Å². The van der Waals surface area contributed by atoms with Gasteiger partial charge in [-0.3, -0.25) is 0 Å². The lowest BCUT2D eigenvalue weighted by Gasteiger charge is -2.45. The van der Waals surface area contributed by atoms with Crippen LogP contribution in [0.15, 0.2) is 303 Å². The highest BCUT2D eigenvalue weighted by Crippen LogP contribution is 2.47. The van der Waals surface area contributed by atoms with Crippen LogP contribution in [0.2, 0.25) is 0 Å². The first-order chi connectivity index (χ1) is 43.6. The number of hydrogen-bond acceptors (Lipinski definition) is 3. The smallest absolute Gasteiger partial charge is 0.252 e. The van der Waals surface area contributed by atoms with Gasteiger partial charge in [0.05, 0.1) is 34.9 Å². The number of nitriles is 1. The quantitative estimate of drug-likeness (QED) is 0.0957. The van der Waals surface area contributed by atoms with Crippen LogP contribution in [-0.2, 0) is 13.1 Å². The van der Waals surface area contributed by atoms with E-state index in [9.17, 15) is 5.26 Å². The maximum atomic E-state index is 10.3. The molecule has 410 valence electrons. The highest BCUT2D eigenvalue weighted by Gasteiger charge is 2.44. The number of aromatic nitrogens is 1. The lowest BCUT2D eigenvalue weighted by atomic mass is 9.33. The van der Waals surface area contributed by atoms with E-state index in [1.54, 1.807) is 0 Å². The van der Waals surface area contributed by atoms with Gasteiger partial charge in [0, 0.05) is 46.6 Å².